The molecule has 0 amide bonds. The molecule has 4 nitrogen and oxygen atoms in total. The fourth-order valence-corrected chi connectivity index (χ4v) is 3.65. The summed E-state index contributed by atoms with van der Waals surface area (Å²) in [6.45, 7) is 7.53. The number of rotatable bonds is 4. The van der Waals surface area contributed by atoms with Crippen molar-refractivity contribution in [3.63, 3.8) is 0 Å². The second-order valence-electron chi connectivity index (χ2n) is 5.49. The van der Waals surface area contributed by atoms with Crippen LogP contribution in [0.1, 0.15) is 22.3 Å². The third-order valence-electron chi connectivity index (χ3n) is 3.74. The Morgan fingerprint density at radius 3 is 2.14 bits per heavy atom. The molecule has 2 rings (SSSR count). The van der Waals surface area contributed by atoms with E-state index in [1.54, 1.807) is 32.2 Å². The van der Waals surface area contributed by atoms with Crippen LogP contribution in [0.3, 0.4) is 0 Å². The van der Waals surface area contributed by atoms with Gasteiger partial charge in [-0.3, -0.25) is 4.72 Å². The third kappa shape index (κ3) is 3.25. The highest BCUT2D eigenvalue weighted by Gasteiger charge is 2.19. The van der Waals surface area contributed by atoms with E-state index in [-0.39, 0.29) is 4.90 Å². The molecular weight excluding hydrogens is 298 g/mol. The Bertz CT molecular complexity index is 811. The van der Waals surface area contributed by atoms with Crippen molar-refractivity contribution in [2.45, 2.75) is 32.6 Å². The summed E-state index contributed by atoms with van der Waals surface area (Å²) in [5.74, 6) is 0.683. The summed E-state index contributed by atoms with van der Waals surface area (Å²) in [7, 11) is -2.05. The molecule has 0 saturated heterocycles. The zero-order chi connectivity index (χ0) is 16.5. The second kappa shape index (κ2) is 6.01. The van der Waals surface area contributed by atoms with E-state index in [1.165, 1.54) is 0 Å². The van der Waals surface area contributed by atoms with Gasteiger partial charge in [0, 0.05) is 5.69 Å². The molecule has 2 aromatic carbocycles. The Kier molecular flexibility index (Phi) is 4.47. The van der Waals surface area contributed by atoms with Gasteiger partial charge < -0.3 is 4.74 Å². The van der Waals surface area contributed by atoms with Crippen LogP contribution in [0, 0.1) is 27.7 Å². The van der Waals surface area contributed by atoms with E-state index in [0.717, 1.165) is 16.7 Å². The second-order valence-corrected chi connectivity index (χ2v) is 7.14. The zero-order valence-electron chi connectivity index (χ0n) is 13.5. The molecule has 0 radical (unpaired) electrons. The largest absolute Gasteiger partial charge is 0.496 e. The van der Waals surface area contributed by atoms with Gasteiger partial charge in [-0.15, -0.1) is 0 Å². The highest BCUT2D eigenvalue weighted by Crippen LogP contribution is 2.27. The van der Waals surface area contributed by atoms with E-state index in [1.807, 2.05) is 32.9 Å². The van der Waals surface area contributed by atoms with Crippen molar-refractivity contribution in [1.82, 2.24) is 0 Å². The normalized spacial score (nSPS) is 11.3. The Labute approximate surface area is 132 Å². The van der Waals surface area contributed by atoms with E-state index >= 15 is 0 Å². The lowest BCUT2D eigenvalue weighted by Crippen LogP contribution is -2.15. The number of ether oxygens (including phenoxy) is 1. The van der Waals surface area contributed by atoms with Crippen LogP contribution in [0.2, 0.25) is 0 Å². The molecule has 0 unspecified atom stereocenters. The van der Waals surface area contributed by atoms with Gasteiger partial charge >= 0.3 is 0 Å². The summed E-state index contributed by atoms with van der Waals surface area (Å²) in [4.78, 5) is 0.268. The van der Waals surface area contributed by atoms with Crippen molar-refractivity contribution in [3.05, 3.63) is 52.6 Å². The number of hydrogen-bond acceptors (Lipinski definition) is 3. The monoisotopic (exact) mass is 319 g/mol. The number of sulfonamides is 1. The lowest BCUT2D eigenvalue weighted by atomic mass is 10.1. The van der Waals surface area contributed by atoms with E-state index in [4.69, 9.17) is 4.74 Å². The van der Waals surface area contributed by atoms with Gasteiger partial charge in [0.15, 0.2) is 0 Å². The van der Waals surface area contributed by atoms with Gasteiger partial charge in [0.2, 0.25) is 0 Å². The molecule has 0 aliphatic carbocycles. The van der Waals surface area contributed by atoms with Gasteiger partial charge in [0.25, 0.3) is 10.0 Å². The number of anilines is 1. The Balaban J connectivity index is 2.42. The maximum absolute atomic E-state index is 12.6. The van der Waals surface area contributed by atoms with Crippen LogP contribution in [-0.4, -0.2) is 15.5 Å². The molecule has 0 aliphatic heterocycles. The quantitative estimate of drug-likeness (QED) is 0.934. The smallest absolute Gasteiger partial charge is 0.262 e. The molecule has 0 bridgehead atoms. The van der Waals surface area contributed by atoms with E-state index in [2.05, 4.69) is 4.72 Å². The fraction of sp³-hybridized carbons (Fsp3) is 0.294. The standard InChI is InChI=1S/C17H21NO3S/c1-11-6-7-15(8-12(11)2)18-22(19,20)17-10-13(3)16(21-5)9-14(17)4/h6-10,18H,1-5H3. The first-order valence-corrected chi connectivity index (χ1v) is 8.48. The summed E-state index contributed by atoms with van der Waals surface area (Å²) in [6, 6.07) is 8.88. The topological polar surface area (TPSA) is 55.4 Å². The molecular formula is C17H21NO3S. The molecule has 1 N–H and O–H groups in total. The van der Waals surface area contributed by atoms with Crippen LogP contribution in [0.5, 0.6) is 5.75 Å². The van der Waals surface area contributed by atoms with Crippen molar-refractivity contribution in [3.8, 4) is 5.75 Å². The first kappa shape index (κ1) is 16.4. The number of aryl methyl sites for hydroxylation is 4. The summed E-state index contributed by atoms with van der Waals surface area (Å²) in [5, 5.41) is 0. The fourth-order valence-electron chi connectivity index (χ4n) is 2.29. The van der Waals surface area contributed by atoms with Gasteiger partial charge in [-0.1, -0.05) is 6.07 Å². The van der Waals surface area contributed by atoms with E-state index in [0.29, 0.717) is 17.0 Å². The van der Waals surface area contributed by atoms with E-state index in [9.17, 15) is 8.42 Å². The SMILES string of the molecule is COc1cc(C)c(S(=O)(=O)Nc2ccc(C)c(C)c2)cc1C. The minimum Gasteiger partial charge on any atom is -0.496 e. The van der Waals surface area contributed by atoms with Gasteiger partial charge in [-0.05, 0) is 74.2 Å². The summed E-state index contributed by atoms with van der Waals surface area (Å²) >= 11 is 0. The van der Waals surface area contributed by atoms with Crippen LogP contribution in [0.4, 0.5) is 5.69 Å². The van der Waals surface area contributed by atoms with Crippen molar-refractivity contribution >= 4 is 15.7 Å². The van der Waals surface area contributed by atoms with Crippen molar-refractivity contribution in [2.75, 3.05) is 11.8 Å². The van der Waals surface area contributed by atoms with Crippen LogP contribution in [0.25, 0.3) is 0 Å². The molecule has 5 heteroatoms. The maximum Gasteiger partial charge on any atom is 0.262 e. The molecule has 22 heavy (non-hydrogen) atoms. The molecule has 0 aliphatic rings. The van der Waals surface area contributed by atoms with Gasteiger partial charge in [-0.2, -0.15) is 0 Å². The van der Waals surface area contributed by atoms with Crippen molar-refractivity contribution in [2.24, 2.45) is 0 Å². The molecule has 0 atom stereocenters. The van der Waals surface area contributed by atoms with Gasteiger partial charge in [-0.25, -0.2) is 8.42 Å². The number of hydrogen-bond donors (Lipinski definition) is 1. The van der Waals surface area contributed by atoms with Gasteiger partial charge in [0.1, 0.15) is 5.75 Å². The number of nitrogens with one attached hydrogen (secondary N) is 1. The number of benzene rings is 2. The molecule has 0 fully saturated rings. The molecule has 0 spiro atoms. The Morgan fingerprint density at radius 1 is 0.864 bits per heavy atom. The first-order chi connectivity index (χ1) is 10.2. The zero-order valence-corrected chi connectivity index (χ0v) is 14.3. The molecule has 0 saturated carbocycles. The molecule has 2 aromatic rings. The summed E-state index contributed by atoms with van der Waals surface area (Å²) < 4.78 is 33.1. The third-order valence-corrected chi connectivity index (χ3v) is 5.26. The predicted molar refractivity (Wildman–Crippen MR) is 89.2 cm³/mol. The highest BCUT2D eigenvalue weighted by atomic mass is 32.2. The maximum atomic E-state index is 12.6. The molecule has 0 heterocycles. The van der Waals surface area contributed by atoms with Crippen molar-refractivity contribution < 1.29 is 13.2 Å². The molecule has 0 aromatic heterocycles. The average Bonchev–Trinajstić information content (AvgIpc) is 2.44. The minimum atomic E-state index is -3.63. The summed E-state index contributed by atoms with van der Waals surface area (Å²) in [6.07, 6.45) is 0. The minimum absolute atomic E-state index is 0.268. The first-order valence-electron chi connectivity index (χ1n) is 7.00. The van der Waals surface area contributed by atoms with Crippen LogP contribution < -0.4 is 9.46 Å². The van der Waals surface area contributed by atoms with Crippen LogP contribution >= 0.6 is 0 Å². The average molecular weight is 319 g/mol. The van der Waals surface area contributed by atoms with Crippen LogP contribution in [0.15, 0.2) is 35.2 Å². The lowest BCUT2D eigenvalue weighted by molar-refractivity contribution is 0.411. The Hall–Kier alpha value is -2.01. The highest BCUT2D eigenvalue weighted by molar-refractivity contribution is 7.92. The predicted octanol–water partition coefficient (Wildman–Crippen LogP) is 3.73. The van der Waals surface area contributed by atoms with E-state index < -0.39 is 10.0 Å². The molecule has 118 valence electrons. The number of methoxy groups -OCH3 is 1. The summed E-state index contributed by atoms with van der Waals surface area (Å²) in [5.41, 5.74) is 4.17. The van der Waals surface area contributed by atoms with Crippen molar-refractivity contribution in [1.29, 1.82) is 0 Å². The Morgan fingerprint density at radius 2 is 1.55 bits per heavy atom. The van der Waals surface area contributed by atoms with Gasteiger partial charge in [0.05, 0.1) is 12.0 Å². The lowest BCUT2D eigenvalue weighted by Gasteiger charge is -2.14. The van der Waals surface area contributed by atoms with Crippen LogP contribution in [-0.2, 0) is 10.0 Å².